The van der Waals surface area contributed by atoms with Crippen molar-refractivity contribution in [1.82, 2.24) is 19.8 Å². The van der Waals surface area contributed by atoms with Crippen LogP contribution in [0, 0.1) is 19.8 Å². The summed E-state index contributed by atoms with van der Waals surface area (Å²) >= 11 is 5.81. The molecule has 0 radical (unpaired) electrons. The van der Waals surface area contributed by atoms with Gasteiger partial charge in [0.05, 0.1) is 17.8 Å². The average molecular weight is 433 g/mol. The van der Waals surface area contributed by atoms with Crippen LogP contribution in [0.3, 0.4) is 0 Å². The van der Waals surface area contributed by atoms with Crippen molar-refractivity contribution in [1.29, 1.82) is 0 Å². The van der Waals surface area contributed by atoms with Crippen LogP contribution in [0.4, 0.5) is 0 Å². The number of nitrogens with zero attached hydrogens (tertiary/aromatic N) is 3. The number of thiocarbonyl (C=S) groups is 1. The molecule has 2 aromatic heterocycles. The highest BCUT2D eigenvalue weighted by molar-refractivity contribution is 7.80. The summed E-state index contributed by atoms with van der Waals surface area (Å²) in [7, 11) is 0. The van der Waals surface area contributed by atoms with Gasteiger partial charge in [-0.2, -0.15) is 0 Å². The predicted molar refractivity (Wildman–Crippen MR) is 132 cm³/mol. The number of hydrogen-bond acceptors (Lipinski definition) is 2. The Hall–Kier alpha value is -2.66. The lowest BCUT2D eigenvalue weighted by molar-refractivity contribution is 0.287. The van der Waals surface area contributed by atoms with Gasteiger partial charge in [-0.15, -0.1) is 0 Å². The van der Waals surface area contributed by atoms with E-state index in [9.17, 15) is 0 Å². The summed E-state index contributed by atoms with van der Waals surface area (Å²) in [4.78, 5) is 7.03. The first-order valence-electron chi connectivity index (χ1n) is 11.2. The third kappa shape index (κ3) is 3.99. The van der Waals surface area contributed by atoms with E-state index < -0.39 is 0 Å². The Balaban J connectivity index is 1.86. The monoisotopic (exact) mass is 432 g/mol. The predicted octanol–water partition coefficient (Wildman–Crippen LogP) is 5.68. The van der Waals surface area contributed by atoms with Crippen molar-refractivity contribution in [2.45, 2.75) is 53.1 Å². The molecule has 1 saturated heterocycles. The van der Waals surface area contributed by atoms with Crippen LogP contribution in [0.15, 0.2) is 54.7 Å². The van der Waals surface area contributed by atoms with Gasteiger partial charge < -0.3 is 14.8 Å². The van der Waals surface area contributed by atoms with Gasteiger partial charge in [0.2, 0.25) is 0 Å². The zero-order valence-corrected chi connectivity index (χ0v) is 19.9. The van der Waals surface area contributed by atoms with Crippen LogP contribution in [0.1, 0.15) is 61.1 Å². The van der Waals surface area contributed by atoms with Gasteiger partial charge in [-0.3, -0.25) is 4.98 Å². The number of rotatable bonds is 6. The number of hydrogen-bond donors (Lipinski definition) is 1. The first kappa shape index (κ1) is 21.6. The molecule has 4 nitrogen and oxygen atoms in total. The van der Waals surface area contributed by atoms with Crippen LogP contribution in [0.2, 0.25) is 0 Å². The normalized spacial score (nSPS) is 18.6. The first-order chi connectivity index (χ1) is 14.9. The summed E-state index contributed by atoms with van der Waals surface area (Å²) in [6.07, 6.45) is 2.87. The Morgan fingerprint density at radius 2 is 1.84 bits per heavy atom. The lowest BCUT2D eigenvalue weighted by Gasteiger charge is -2.29. The van der Waals surface area contributed by atoms with Crippen molar-refractivity contribution >= 4 is 17.3 Å². The van der Waals surface area contributed by atoms with Gasteiger partial charge in [0, 0.05) is 29.8 Å². The van der Waals surface area contributed by atoms with E-state index >= 15 is 0 Å². The van der Waals surface area contributed by atoms with Gasteiger partial charge in [-0.25, -0.2) is 0 Å². The molecule has 2 atom stereocenters. The summed E-state index contributed by atoms with van der Waals surface area (Å²) in [5.74, 6) is 0.508. The molecule has 1 aliphatic rings. The molecular weight excluding hydrogens is 400 g/mol. The average Bonchev–Trinajstić information content (AvgIpc) is 3.23. The Kier molecular flexibility index (Phi) is 6.15. The second-order valence-electron chi connectivity index (χ2n) is 8.82. The molecule has 1 aliphatic heterocycles. The second kappa shape index (κ2) is 8.83. The van der Waals surface area contributed by atoms with Crippen LogP contribution in [-0.2, 0) is 6.42 Å². The molecule has 0 bridgehead atoms. The molecule has 162 valence electrons. The van der Waals surface area contributed by atoms with Crippen LogP contribution >= 0.6 is 12.2 Å². The highest BCUT2D eigenvalue weighted by atomic mass is 32.1. The lowest BCUT2D eigenvalue weighted by atomic mass is 9.96. The summed E-state index contributed by atoms with van der Waals surface area (Å²) in [5.41, 5.74) is 7.48. The number of nitrogens with one attached hydrogen (secondary N) is 1. The van der Waals surface area contributed by atoms with Gasteiger partial charge in [0.1, 0.15) is 0 Å². The summed E-state index contributed by atoms with van der Waals surface area (Å²) in [5, 5.41) is 4.39. The minimum Gasteiger partial charge on any atom is -0.352 e. The van der Waals surface area contributed by atoms with Gasteiger partial charge >= 0.3 is 0 Å². The van der Waals surface area contributed by atoms with Crippen molar-refractivity contribution in [2.24, 2.45) is 5.92 Å². The maximum atomic E-state index is 5.81. The fourth-order valence-electron chi connectivity index (χ4n) is 4.82. The van der Waals surface area contributed by atoms with Crippen LogP contribution in [-0.4, -0.2) is 26.1 Å². The largest absolute Gasteiger partial charge is 0.352 e. The van der Waals surface area contributed by atoms with Gasteiger partial charge in [0.15, 0.2) is 5.11 Å². The third-order valence-corrected chi connectivity index (χ3v) is 6.51. The smallest absolute Gasteiger partial charge is 0.170 e. The molecule has 3 aromatic rings. The zero-order chi connectivity index (χ0) is 22.1. The maximum Gasteiger partial charge on any atom is 0.170 e. The van der Waals surface area contributed by atoms with Crippen molar-refractivity contribution in [3.05, 3.63) is 82.9 Å². The van der Waals surface area contributed by atoms with Crippen LogP contribution in [0.25, 0.3) is 5.69 Å². The molecule has 3 heterocycles. The standard InChI is InChI=1S/C26H32N4S/c1-6-20-11-7-8-13-23(20)30-18(4)15-21(19(30)5)25-24(22-12-9-10-14-27-22)28-26(31)29(25)16-17(2)3/h7-15,17,24-25H,6,16H2,1-5H3,(H,28,31)/t24-,25-/m0/s1. The quantitative estimate of drug-likeness (QED) is 0.508. The molecule has 5 heteroatoms. The summed E-state index contributed by atoms with van der Waals surface area (Å²) < 4.78 is 2.40. The molecule has 31 heavy (non-hydrogen) atoms. The third-order valence-electron chi connectivity index (χ3n) is 6.16. The highest BCUT2D eigenvalue weighted by Crippen LogP contribution is 2.41. The SMILES string of the molecule is CCc1ccccc1-n1c(C)cc([C@H]2[C@H](c3ccccn3)NC(=S)N2CC(C)C)c1C. The summed E-state index contributed by atoms with van der Waals surface area (Å²) in [6.45, 7) is 12.1. The molecule has 0 unspecified atom stereocenters. The van der Waals surface area contributed by atoms with E-state index in [0.29, 0.717) is 5.92 Å². The van der Waals surface area contributed by atoms with Crippen LogP contribution < -0.4 is 5.32 Å². The van der Waals surface area contributed by atoms with E-state index in [2.05, 4.69) is 96.9 Å². The number of benzene rings is 1. The van der Waals surface area contributed by atoms with Crippen molar-refractivity contribution in [2.75, 3.05) is 6.54 Å². The van der Waals surface area contributed by atoms with Crippen molar-refractivity contribution in [3.63, 3.8) is 0 Å². The zero-order valence-electron chi connectivity index (χ0n) is 19.1. The Labute approximate surface area is 191 Å². The minimum atomic E-state index is 0.0304. The van der Waals surface area contributed by atoms with Gasteiger partial charge in [-0.1, -0.05) is 45.0 Å². The number of para-hydroxylation sites is 1. The lowest BCUT2D eigenvalue weighted by Crippen LogP contribution is -2.33. The fraction of sp³-hybridized carbons (Fsp3) is 0.385. The molecule has 1 N–H and O–H groups in total. The molecule has 1 fully saturated rings. The number of aryl methyl sites for hydroxylation is 2. The highest BCUT2D eigenvalue weighted by Gasteiger charge is 2.41. The fourth-order valence-corrected chi connectivity index (χ4v) is 5.13. The van der Waals surface area contributed by atoms with Gasteiger partial charge in [0.25, 0.3) is 0 Å². The van der Waals surface area contributed by atoms with Crippen molar-refractivity contribution in [3.8, 4) is 5.69 Å². The Morgan fingerprint density at radius 1 is 1.10 bits per heavy atom. The number of pyridine rings is 1. The molecule has 4 rings (SSSR count). The molecule has 1 aromatic carbocycles. The molecule has 0 saturated carbocycles. The van der Waals surface area contributed by atoms with E-state index in [1.807, 2.05) is 12.3 Å². The van der Waals surface area contributed by atoms with Crippen molar-refractivity contribution < 1.29 is 0 Å². The second-order valence-corrected chi connectivity index (χ2v) is 9.20. The topological polar surface area (TPSA) is 33.1 Å². The van der Waals surface area contributed by atoms with E-state index in [1.54, 1.807) is 0 Å². The Bertz CT molecular complexity index is 1070. The molecular formula is C26H32N4S. The maximum absolute atomic E-state index is 5.81. The van der Waals surface area contributed by atoms with E-state index in [1.165, 1.54) is 28.2 Å². The first-order valence-corrected chi connectivity index (χ1v) is 11.6. The molecule has 0 amide bonds. The molecule has 0 aliphatic carbocycles. The minimum absolute atomic E-state index is 0.0304. The van der Waals surface area contributed by atoms with E-state index in [0.717, 1.165) is 23.8 Å². The number of aromatic nitrogens is 2. The van der Waals surface area contributed by atoms with E-state index in [4.69, 9.17) is 12.2 Å². The summed E-state index contributed by atoms with van der Waals surface area (Å²) in [6, 6.07) is 17.3. The van der Waals surface area contributed by atoms with E-state index in [-0.39, 0.29) is 12.1 Å². The van der Waals surface area contributed by atoms with Crippen LogP contribution in [0.5, 0.6) is 0 Å². The van der Waals surface area contributed by atoms with Gasteiger partial charge in [-0.05, 0) is 73.8 Å². The molecule has 0 spiro atoms. The Morgan fingerprint density at radius 3 is 2.52 bits per heavy atom.